The van der Waals surface area contributed by atoms with Crippen LogP contribution < -0.4 is 5.32 Å². The van der Waals surface area contributed by atoms with Crippen molar-refractivity contribution in [1.82, 2.24) is 5.32 Å². The molecule has 0 aliphatic rings. The van der Waals surface area contributed by atoms with Crippen LogP contribution in [0.3, 0.4) is 0 Å². The third kappa shape index (κ3) is 6.21. The topological polar surface area (TPSA) is 75.6 Å². The van der Waals surface area contributed by atoms with Gasteiger partial charge < -0.3 is 15.2 Å². The molecular weight excluding hydrogens is 342 g/mol. The van der Waals surface area contributed by atoms with Crippen LogP contribution in [0.4, 0.5) is 4.79 Å². The zero-order valence-electron chi connectivity index (χ0n) is 13.3. The van der Waals surface area contributed by atoms with Gasteiger partial charge in [0.1, 0.15) is 6.61 Å². The Kier molecular flexibility index (Phi) is 6.87. The van der Waals surface area contributed by atoms with Gasteiger partial charge in [0.15, 0.2) is 0 Å². The molecule has 2 aromatic carbocycles. The van der Waals surface area contributed by atoms with Crippen molar-refractivity contribution in [3.8, 4) is 11.8 Å². The molecule has 0 spiro atoms. The Morgan fingerprint density at radius 1 is 1.16 bits per heavy atom. The molecule has 0 heterocycles. The molecule has 0 unspecified atom stereocenters. The van der Waals surface area contributed by atoms with Crippen LogP contribution in [0.5, 0.6) is 0 Å². The highest BCUT2D eigenvalue weighted by Crippen LogP contribution is 2.15. The van der Waals surface area contributed by atoms with Gasteiger partial charge in [-0.05, 0) is 23.8 Å². The first-order valence-corrected chi connectivity index (χ1v) is 7.90. The molecule has 2 N–H and O–H groups in total. The minimum Gasteiger partial charge on any atom is -0.478 e. The lowest BCUT2D eigenvalue weighted by Gasteiger charge is -2.05. The molecule has 0 fully saturated rings. The van der Waals surface area contributed by atoms with Gasteiger partial charge in [-0.3, -0.25) is 0 Å². The van der Waals surface area contributed by atoms with Gasteiger partial charge in [-0.2, -0.15) is 0 Å². The monoisotopic (exact) mass is 357 g/mol. The molecule has 0 saturated heterocycles. The molecule has 0 aliphatic heterocycles. The average molecular weight is 358 g/mol. The number of ether oxygens (including phenoxy) is 1. The van der Waals surface area contributed by atoms with E-state index in [0.29, 0.717) is 23.6 Å². The zero-order valence-corrected chi connectivity index (χ0v) is 14.0. The van der Waals surface area contributed by atoms with Crippen molar-refractivity contribution in [3.05, 3.63) is 70.2 Å². The summed E-state index contributed by atoms with van der Waals surface area (Å²) in [6.07, 6.45) is -0.175. The van der Waals surface area contributed by atoms with Crippen molar-refractivity contribution in [2.24, 2.45) is 0 Å². The summed E-state index contributed by atoms with van der Waals surface area (Å²) in [5.74, 6) is 4.50. The van der Waals surface area contributed by atoms with Crippen LogP contribution in [0.1, 0.15) is 27.9 Å². The molecule has 0 radical (unpaired) electrons. The number of carbonyl (C=O) groups is 2. The molecule has 0 bridgehead atoms. The summed E-state index contributed by atoms with van der Waals surface area (Å²) in [5, 5.41) is 12.1. The molecule has 0 aromatic heterocycles. The molecule has 6 heteroatoms. The number of alkyl carbamates (subject to hydrolysis) is 1. The van der Waals surface area contributed by atoms with E-state index in [1.54, 1.807) is 0 Å². The van der Waals surface area contributed by atoms with E-state index in [1.165, 1.54) is 18.2 Å². The van der Waals surface area contributed by atoms with E-state index in [2.05, 4.69) is 17.2 Å². The van der Waals surface area contributed by atoms with E-state index in [4.69, 9.17) is 21.4 Å². The quantitative estimate of drug-likeness (QED) is 0.632. The third-order valence-corrected chi connectivity index (χ3v) is 3.40. The van der Waals surface area contributed by atoms with E-state index < -0.39 is 12.1 Å². The van der Waals surface area contributed by atoms with Crippen LogP contribution in [0, 0.1) is 11.8 Å². The van der Waals surface area contributed by atoms with Gasteiger partial charge >= 0.3 is 12.1 Å². The van der Waals surface area contributed by atoms with Crippen LogP contribution in [0.25, 0.3) is 0 Å². The molecule has 0 atom stereocenters. The van der Waals surface area contributed by atoms with Gasteiger partial charge in [0.2, 0.25) is 0 Å². The molecule has 5 nitrogen and oxygen atoms in total. The molecule has 1 amide bonds. The smallest absolute Gasteiger partial charge is 0.407 e. The number of carboxylic acid groups (broad SMARTS) is 1. The lowest BCUT2D eigenvalue weighted by atomic mass is 10.1. The molecule has 25 heavy (non-hydrogen) atoms. The van der Waals surface area contributed by atoms with Crippen molar-refractivity contribution in [2.45, 2.75) is 13.0 Å². The maximum atomic E-state index is 11.6. The predicted octanol–water partition coefficient (Wildman–Crippen LogP) is 3.71. The van der Waals surface area contributed by atoms with Crippen LogP contribution in [-0.2, 0) is 11.3 Å². The van der Waals surface area contributed by atoms with Gasteiger partial charge in [0, 0.05) is 23.6 Å². The predicted molar refractivity (Wildman–Crippen MR) is 94.5 cm³/mol. The van der Waals surface area contributed by atoms with Crippen molar-refractivity contribution in [3.63, 3.8) is 0 Å². The van der Waals surface area contributed by atoms with Crippen LogP contribution in [0.2, 0.25) is 5.02 Å². The fraction of sp³-hybridized carbons (Fsp3) is 0.158. The standard InChI is InChI=1S/C19H16ClNO4/c20-16-9-10-17(18(22)23)15(12-16)8-4-5-11-21-19(24)25-13-14-6-2-1-3-7-14/h1-3,6-7,9-10,12H,5,11,13H2,(H,21,24)(H,22,23). The van der Waals surface area contributed by atoms with E-state index in [-0.39, 0.29) is 12.2 Å². The first-order chi connectivity index (χ1) is 12.1. The first-order valence-electron chi connectivity index (χ1n) is 7.52. The number of rotatable bonds is 5. The highest BCUT2D eigenvalue weighted by Gasteiger charge is 2.08. The van der Waals surface area contributed by atoms with Gasteiger partial charge in [-0.1, -0.05) is 53.8 Å². The Morgan fingerprint density at radius 2 is 1.92 bits per heavy atom. The van der Waals surface area contributed by atoms with Crippen LogP contribution >= 0.6 is 11.6 Å². The minimum atomic E-state index is -1.07. The Hall–Kier alpha value is -2.97. The summed E-state index contributed by atoms with van der Waals surface area (Å²) >= 11 is 5.85. The average Bonchev–Trinajstić information content (AvgIpc) is 2.60. The minimum absolute atomic E-state index is 0.0899. The Labute approximate surface area is 150 Å². The fourth-order valence-corrected chi connectivity index (χ4v) is 2.14. The SMILES string of the molecule is O=C(NCCC#Cc1cc(Cl)ccc1C(=O)O)OCc1ccccc1. The molecule has 0 aliphatic carbocycles. The summed E-state index contributed by atoms with van der Waals surface area (Å²) in [4.78, 5) is 22.7. The van der Waals surface area contributed by atoms with Crippen LogP contribution in [-0.4, -0.2) is 23.7 Å². The van der Waals surface area contributed by atoms with Crippen molar-refractivity contribution in [1.29, 1.82) is 0 Å². The Bertz CT molecular complexity index is 809. The summed E-state index contributed by atoms with van der Waals surface area (Å²) in [6.45, 7) is 0.492. The van der Waals surface area contributed by atoms with Gasteiger partial charge in [0.25, 0.3) is 0 Å². The molecular formula is C19H16ClNO4. The summed E-state index contributed by atoms with van der Waals surface area (Å²) in [7, 11) is 0. The van der Waals surface area contributed by atoms with E-state index in [0.717, 1.165) is 5.56 Å². The van der Waals surface area contributed by atoms with E-state index in [9.17, 15) is 9.59 Å². The number of benzene rings is 2. The number of aromatic carboxylic acids is 1. The molecule has 128 valence electrons. The Balaban J connectivity index is 1.78. The maximum absolute atomic E-state index is 11.6. The van der Waals surface area contributed by atoms with E-state index >= 15 is 0 Å². The zero-order chi connectivity index (χ0) is 18.1. The summed E-state index contributed by atoms with van der Waals surface area (Å²) in [6, 6.07) is 13.8. The normalized spacial score (nSPS) is 9.64. The lowest BCUT2D eigenvalue weighted by Crippen LogP contribution is -2.24. The Morgan fingerprint density at radius 3 is 2.64 bits per heavy atom. The molecule has 0 saturated carbocycles. The van der Waals surface area contributed by atoms with Crippen molar-refractivity contribution in [2.75, 3.05) is 6.54 Å². The summed E-state index contributed by atoms with van der Waals surface area (Å²) in [5.41, 5.74) is 1.33. The first kappa shape index (κ1) is 18.4. The molecule has 2 rings (SSSR count). The largest absolute Gasteiger partial charge is 0.478 e. The van der Waals surface area contributed by atoms with Crippen molar-refractivity contribution < 1.29 is 19.4 Å². The summed E-state index contributed by atoms with van der Waals surface area (Å²) < 4.78 is 5.07. The number of halogens is 1. The lowest BCUT2D eigenvalue weighted by molar-refractivity contribution is 0.0696. The fourth-order valence-electron chi connectivity index (χ4n) is 1.97. The number of carboxylic acids is 1. The number of carbonyl (C=O) groups excluding carboxylic acids is 1. The number of hydrogen-bond donors (Lipinski definition) is 2. The number of nitrogens with one attached hydrogen (secondary N) is 1. The van der Waals surface area contributed by atoms with Gasteiger partial charge in [0.05, 0.1) is 5.56 Å². The maximum Gasteiger partial charge on any atom is 0.407 e. The number of hydrogen-bond acceptors (Lipinski definition) is 3. The van der Waals surface area contributed by atoms with E-state index in [1.807, 2.05) is 30.3 Å². The van der Waals surface area contributed by atoms with Gasteiger partial charge in [-0.25, -0.2) is 9.59 Å². The second-order valence-electron chi connectivity index (χ2n) is 5.04. The third-order valence-electron chi connectivity index (χ3n) is 3.17. The highest BCUT2D eigenvalue weighted by atomic mass is 35.5. The second kappa shape index (κ2) is 9.36. The highest BCUT2D eigenvalue weighted by molar-refractivity contribution is 6.30. The van der Waals surface area contributed by atoms with Gasteiger partial charge in [-0.15, -0.1) is 0 Å². The molecule has 2 aromatic rings. The number of amides is 1. The van der Waals surface area contributed by atoms with Crippen molar-refractivity contribution >= 4 is 23.7 Å². The second-order valence-corrected chi connectivity index (χ2v) is 5.47. The van der Waals surface area contributed by atoms with Crippen LogP contribution in [0.15, 0.2) is 48.5 Å².